The van der Waals surface area contributed by atoms with Gasteiger partial charge < -0.3 is 4.90 Å². The minimum Gasteiger partial charge on any atom is -0.303 e. The van der Waals surface area contributed by atoms with E-state index in [2.05, 4.69) is 23.9 Å². The fourth-order valence-electron chi connectivity index (χ4n) is 1.94. The number of nitrogens with zero attached hydrogens (tertiary/aromatic N) is 2. The van der Waals surface area contributed by atoms with Crippen molar-refractivity contribution in [2.45, 2.75) is 32.2 Å². The van der Waals surface area contributed by atoms with E-state index in [4.69, 9.17) is 0 Å². The number of piperazine rings is 1. The third-order valence-electron chi connectivity index (χ3n) is 3.02. The molecule has 72 valence electrons. The summed E-state index contributed by atoms with van der Waals surface area (Å²) in [7, 11) is 4.49. The molecule has 2 heteroatoms. The molecule has 2 aliphatic rings. The Kier molecular flexibility index (Phi) is 3.13. The summed E-state index contributed by atoms with van der Waals surface area (Å²) in [6, 6.07) is 0. The van der Waals surface area contributed by atoms with Crippen LogP contribution < -0.4 is 0 Å². The van der Waals surface area contributed by atoms with Crippen molar-refractivity contribution < 1.29 is 0 Å². The van der Waals surface area contributed by atoms with Gasteiger partial charge in [0.1, 0.15) is 0 Å². The topological polar surface area (TPSA) is 6.48 Å². The van der Waals surface area contributed by atoms with Crippen LogP contribution in [0.15, 0.2) is 0 Å². The first-order valence-corrected chi connectivity index (χ1v) is 5.13. The van der Waals surface area contributed by atoms with Gasteiger partial charge in [-0.05, 0) is 26.9 Å². The van der Waals surface area contributed by atoms with E-state index in [0.29, 0.717) is 5.54 Å². The average molecular weight is 170 g/mol. The standard InChI is InChI=1S/C8H16N2.C2H6/c1-9-5-6-10(2)8(7-9)3-4-8;1-2/h3-7H2,1-2H3;1-2H3. The van der Waals surface area contributed by atoms with Crippen molar-refractivity contribution in [2.75, 3.05) is 33.7 Å². The number of hydrogen-bond acceptors (Lipinski definition) is 2. The Hall–Kier alpha value is -0.0800. The molecule has 2 fully saturated rings. The summed E-state index contributed by atoms with van der Waals surface area (Å²) in [5.74, 6) is 0. The van der Waals surface area contributed by atoms with Crippen LogP contribution in [0.3, 0.4) is 0 Å². The molecule has 0 bridgehead atoms. The number of likely N-dealkylation sites (N-methyl/N-ethyl adjacent to an activating group) is 2. The van der Waals surface area contributed by atoms with E-state index in [1.807, 2.05) is 13.8 Å². The molecule has 0 aromatic heterocycles. The summed E-state index contributed by atoms with van der Waals surface area (Å²) in [6.07, 6.45) is 2.85. The fraction of sp³-hybridized carbons (Fsp3) is 1.00. The molecular formula is C10H22N2. The van der Waals surface area contributed by atoms with Crippen LogP contribution in [0.1, 0.15) is 26.7 Å². The summed E-state index contributed by atoms with van der Waals surface area (Å²) in [4.78, 5) is 4.99. The Bertz CT molecular complexity index is 141. The molecular weight excluding hydrogens is 148 g/mol. The Labute approximate surface area is 76.5 Å². The van der Waals surface area contributed by atoms with Gasteiger partial charge in [-0.3, -0.25) is 4.90 Å². The molecule has 0 N–H and O–H groups in total. The maximum absolute atomic E-state index is 2.53. The van der Waals surface area contributed by atoms with Crippen LogP contribution in [0.4, 0.5) is 0 Å². The van der Waals surface area contributed by atoms with E-state index in [1.165, 1.54) is 32.5 Å². The Balaban J connectivity index is 0.000000336. The van der Waals surface area contributed by atoms with E-state index in [9.17, 15) is 0 Å². The van der Waals surface area contributed by atoms with Crippen molar-refractivity contribution in [3.63, 3.8) is 0 Å². The second-order valence-corrected chi connectivity index (χ2v) is 3.88. The Morgan fingerprint density at radius 1 is 1.00 bits per heavy atom. The zero-order chi connectivity index (χ0) is 9.19. The van der Waals surface area contributed by atoms with Gasteiger partial charge in [0, 0.05) is 25.2 Å². The van der Waals surface area contributed by atoms with E-state index in [-0.39, 0.29) is 0 Å². The quantitative estimate of drug-likeness (QED) is 0.542. The first-order valence-electron chi connectivity index (χ1n) is 5.13. The lowest BCUT2D eigenvalue weighted by Gasteiger charge is -2.38. The van der Waals surface area contributed by atoms with E-state index < -0.39 is 0 Å². The summed E-state index contributed by atoms with van der Waals surface area (Å²) >= 11 is 0. The van der Waals surface area contributed by atoms with Gasteiger partial charge in [0.2, 0.25) is 0 Å². The summed E-state index contributed by atoms with van der Waals surface area (Å²) in [6.45, 7) is 7.80. The molecule has 2 rings (SSSR count). The van der Waals surface area contributed by atoms with Crippen LogP contribution in [0.25, 0.3) is 0 Å². The van der Waals surface area contributed by atoms with Gasteiger partial charge in [-0.2, -0.15) is 0 Å². The first-order chi connectivity index (χ1) is 5.73. The molecule has 1 saturated heterocycles. The molecule has 1 aliphatic heterocycles. The van der Waals surface area contributed by atoms with E-state index in [0.717, 1.165) is 0 Å². The monoisotopic (exact) mass is 170 g/mol. The van der Waals surface area contributed by atoms with Gasteiger partial charge in [-0.15, -0.1) is 0 Å². The number of rotatable bonds is 0. The minimum atomic E-state index is 0.618. The van der Waals surface area contributed by atoms with Crippen LogP contribution in [-0.4, -0.2) is 49.1 Å². The maximum atomic E-state index is 2.53. The predicted molar refractivity (Wildman–Crippen MR) is 53.4 cm³/mol. The largest absolute Gasteiger partial charge is 0.303 e. The predicted octanol–water partition coefficient (Wildman–Crippen LogP) is 1.42. The van der Waals surface area contributed by atoms with Crippen molar-refractivity contribution in [2.24, 2.45) is 0 Å². The maximum Gasteiger partial charge on any atom is 0.0335 e. The molecule has 0 aromatic carbocycles. The van der Waals surface area contributed by atoms with Crippen molar-refractivity contribution in [3.05, 3.63) is 0 Å². The lowest BCUT2D eigenvalue weighted by Crippen LogP contribution is -2.51. The van der Waals surface area contributed by atoms with Gasteiger partial charge >= 0.3 is 0 Å². The molecule has 1 spiro atoms. The smallest absolute Gasteiger partial charge is 0.0335 e. The molecule has 0 aromatic rings. The van der Waals surface area contributed by atoms with Crippen LogP contribution >= 0.6 is 0 Å². The highest BCUT2D eigenvalue weighted by atomic mass is 15.3. The van der Waals surface area contributed by atoms with E-state index in [1.54, 1.807) is 0 Å². The highest BCUT2D eigenvalue weighted by Gasteiger charge is 2.48. The highest BCUT2D eigenvalue weighted by molar-refractivity contribution is 5.06. The number of hydrogen-bond donors (Lipinski definition) is 0. The summed E-state index contributed by atoms with van der Waals surface area (Å²) in [5, 5.41) is 0. The third kappa shape index (κ3) is 1.80. The highest BCUT2D eigenvalue weighted by Crippen LogP contribution is 2.42. The van der Waals surface area contributed by atoms with Gasteiger partial charge in [0.05, 0.1) is 0 Å². The zero-order valence-corrected chi connectivity index (χ0v) is 8.93. The van der Waals surface area contributed by atoms with Gasteiger partial charge in [0.25, 0.3) is 0 Å². The zero-order valence-electron chi connectivity index (χ0n) is 8.93. The normalized spacial score (nSPS) is 28.0. The molecule has 12 heavy (non-hydrogen) atoms. The molecule has 1 heterocycles. The molecule has 0 atom stereocenters. The second-order valence-electron chi connectivity index (χ2n) is 3.88. The molecule has 2 nitrogen and oxygen atoms in total. The molecule has 0 unspecified atom stereocenters. The molecule has 1 saturated carbocycles. The lowest BCUT2D eigenvalue weighted by atomic mass is 10.1. The van der Waals surface area contributed by atoms with Gasteiger partial charge in [0.15, 0.2) is 0 Å². The van der Waals surface area contributed by atoms with Crippen molar-refractivity contribution in [1.82, 2.24) is 9.80 Å². The van der Waals surface area contributed by atoms with Crippen LogP contribution in [0.2, 0.25) is 0 Å². The van der Waals surface area contributed by atoms with E-state index >= 15 is 0 Å². The Morgan fingerprint density at radius 3 is 2.00 bits per heavy atom. The van der Waals surface area contributed by atoms with Crippen molar-refractivity contribution >= 4 is 0 Å². The summed E-state index contributed by atoms with van der Waals surface area (Å²) < 4.78 is 0. The average Bonchev–Trinajstić information content (AvgIpc) is 2.83. The molecule has 0 amide bonds. The van der Waals surface area contributed by atoms with Crippen LogP contribution in [0.5, 0.6) is 0 Å². The summed E-state index contributed by atoms with van der Waals surface area (Å²) in [5.41, 5.74) is 0.618. The minimum absolute atomic E-state index is 0.618. The lowest BCUT2D eigenvalue weighted by molar-refractivity contribution is 0.0983. The van der Waals surface area contributed by atoms with Crippen LogP contribution in [0, 0.1) is 0 Å². The second kappa shape index (κ2) is 3.75. The SMILES string of the molecule is CC.CN1CCN(C)C2(CC2)C1. The Morgan fingerprint density at radius 2 is 1.58 bits per heavy atom. The first kappa shape index (κ1) is 10.0. The third-order valence-corrected chi connectivity index (χ3v) is 3.02. The molecule has 0 radical (unpaired) electrons. The van der Waals surface area contributed by atoms with Gasteiger partial charge in [-0.1, -0.05) is 13.8 Å². The van der Waals surface area contributed by atoms with Crippen LogP contribution in [-0.2, 0) is 0 Å². The van der Waals surface area contributed by atoms with Crippen molar-refractivity contribution in [1.29, 1.82) is 0 Å². The van der Waals surface area contributed by atoms with Crippen molar-refractivity contribution in [3.8, 4) is 0 Å². The fourth-order valence-corrected chi connectivity index (χ4v) is 1.94. The van der Waals surface area contributed by atoms with Gasteiger partial charge in [-0.25, -0.2) is 0 Å². The molecule has 1 aliphatic carbocycles.